The van der Waals surface area contributed by atoms with Gasteiger partial charge in [0.15, 0.2) is 0 Å². The number of piperidine rings is 1. The van der Waals surface area contributed by atoms with Gasteiger partial charge in [-0.15, -0.1) is 0 Å². The number of hydrogen-bond donors (Lipinski definition) is 1. The predicted molar refractivity (Wildman–Crippen MR) is 107 cm³/mol. The van der Waals surface area contributed by atoms with E-state index in [0.717, 1.165) is 18.6 Å². The van der Waals surface area contributed by atoms with Crippen LogP contribution in [-0.2, 0) is 19.7 Å². The van der Waals surface area contributed by atoms with Gasteiger partial charge in [0.1, 0.15) is 5.75 Å². The summed E-state index contributed by atoms with van der Waals surface area (Å²) in [6.07, 6.45) is 5.61. The number of carbonyl (C=O) groups excluding carboxylic acids is 2. The van der Waals surface area contributed by atoms with Gasteiger partial charge in [-0.3, -0.25) is 9.59 Å². The minimum atomic E-state index is -0.135. The van der Waals surface area contributed by atoms with Crippen molar-refractivity contribution in [1.82, 2.24) is 10.2 Å². The first-order valence-corrected chi connectivity index (χ1v) is 10.3. The fourth-order valence-corrected chi connectivity index (χ4v) is 4.51. The van der Waals surface area contributed by atoms with Gasteiger partial charge in [-0.25, -0.2) is 0 Å². The summed E-state index contributed by atoms with van der Waals surface area (Å²) in [7, 11) is 3.30. The Morgan fingerprint density at radius 2 is 1.93 bits per heavy atom. The maximum atomic E-state index is 12.9. The molecule has 1 saturated heterocycles. The van der Waals surface area contributed by atoms with Crippen molar-refractivity contribution in [2.75, 3.05) is 40.5 Å². The van der Waals surface area contributed by atoms with Crippen LogP contribution in [0.3, 0.4) is 0 Å². The van der Waals surface area contributed by atoms with Crippen LogP contribution in [0.4, 0.5) is 0 Å². The molecule has 1 heterocycles. The third kappa shape index (κ3) is 4.66. The number of nitrogens with zero attached hydrogens (tertiary/aromatic N) is 1. The molecule has 6 heteroatoms. The molecule has 2 aliphatic rings. The summed E-state index contributed by atoms with van der Waals surface area (Å²) in [5, 5.41) is 3.21. The summed E-state index contributed by atoms with van der Waals surface area (Å²) < 4.78 is 10.4. The van der Waals surface area contributed by atoms with E-state index in [1.165, 1.54) is 18.4 Å². The summed E-state index contributed by atoms with van der Waals surface area (Å²) in [5.41, 5.74) is 1.27. The molecule has 0 bridgehead atoms. The van der Waals surface area contributed by atoms with Crippen LogP contribution in [0.2, 0.25) is 0 Å². The second-order valence-electron chi connectivity index (χ2n) is 8.00. The molecule has 1 aliphatic carbocycles. The molecule has 1 N–H and O–H groups in total. The lowest BCUT2D eigenvalue weighted by atomic mass is 9.78. The van der Waals surface area contributed by atoms with Gasteiger partial charge >= 0.3 is 0 Å². The largest absolute Gasteiger partial charge is 0.497 e. The fourth-order valence-electron chi connectivity index (χ4n) is 4.51. The Labute approximate surface area is 167 Å². The molecule has 6 nitrogen and oxygen atoms in total. The normalized spacial score (nSPS) is 21.6. The molecule has 1 aliphatic heterocycles. The van der Waals surface area contributed by atoms with Gasteiger partial charge in [-0.2, -0.15) is 0 Å². The number of benzene rings is 1. The van der Waals surface area contributed by atoms with Crippen molar-refractivity contribution >= 4 is 11.8 Å². The van der Waals surface area contributed by atoms with E-state index in [9.17, 15) is 9.59 Å². The smallest absolute Gasteiger partial charge is 0.224 e. The molecular formula is C22H32N2O4. The number of carbonyl (C=O) groups is 2. The third-order valence-electron chi connectivity index (χ3n) is 6.30. The third-order valence-corrected chi connectivity index (χ3v) is 6.30. The van der Waals surface area contributed by atoms with Gasteiger partial charge in [-0.1, -0.05) is 25.0 Å². The standard InChI is InChI=1S/C22H32N2O4/c1-27-14-13-24-15-17(5-10-20(24)25)21(26)23-16-22(11-3-4-12-22)18-6-8-19(28-2)9-7-18/h6-9,17H,3-5,10-16H2,1-2H3,(H,23,26)/t17-/m1/s1. The van der Waals surface area contributed by atoms with E-state index in [2.05, 4.69) is 17.4 Å². The Kier molecular flexibility index (Phi) is 6.94. The summed E-state index contributed by atoms with van der Waals surface area (Å²) in [5.74, 6) is 0.897. The SMILES string of the molecule is COCCN1C[C@H](C(=O)NCC2(c3ccc(OC)cc3)CCCC2)CCC1=O. The Morgan fingerprint density at radius 1 is 1.21 bits per heavy atom. The van der Waals surface area contributed by atoms with Gasteiger partial charge < -0.3 is 19.7 Å². The minimum absolute atomic E-state index is 0.00214. The van der Waals surface area contributed by atoms with E-state index < -0.39 is 0 Å². The number of ether oxygens (including phenoxy) is 2. The lowest BCUT2D eigenvalue weighted by Crippen LogP contribution is -2.48. The van der Waals surface area contributed by atoms with E-state index in [4.69, 9.17) is 9.47 Å². The van der Waals surface area contributed by atoms with Crippen molar-refractivity contribution < 1.29 is 19.1 Å². The van der Waals surface area contributed by atoms with E-state index in [-0.39, 0.29) is 23.1 Å². The van der Waals surface area contributed by atoms with Crippen LogP contribution in [0.15, 0.2) is 24.3 Å². The molecule has 1 aromatic rings. The molecule has 154 valence electrons. The van der Waals surface area contributed by atoms with Gasteiger partial charge in [0.2, 0.25) is 11.8 Å². The summed E-state index contributed by atoms with van der Waals surface area (Å²) in [6.45, 7) is 2.19. The van der Waals surface area contributed by atoms with E-state index >= 15 is 0 Å². The zero-order valence-electron chi connectivity index (χ0n) is 17.0. The topological polar surface area (TPSA) is 67.9 Å². The first-order valence-electron chi connectivity index (χ1n) is 10.3. The molecule has 1 saturated carbocycles. The molecule has 2 amide bonds. The molecule has 1 atom stereocenters. The lowest BCUT2D eigenvalue weighted by Gasteiger charge is -2.34. The molecule has 1 aromatic carbocycles. The van der Waals surface area contributed by atoms with Gasteiger partial charge in [0.05, 0.1) is 19.6 Å². The first-order chi connectivity index (χ1) is 13.6. The quantitative estimate of drug-likeness (QED) is 0.743. The van der Waals surface area contributed by atoms with Crippen LogP contribution < -0.4 is 10.1 Å². The lowest BCUT2D eigenvalue weighted by molar-refractivity contribution is -0.139. The molecule has 0 aromatic heterocycles. The van der Waals surface area contributed by atoms with E-state index in [1.807, 2.05) is 12.1 Å². The minimum Gasteiger partial charge on any atom is -0.497 e. The highest BCUT2D eigenvalue weighted by atomic mass is 16.5. The van der Waals surface area contributed by atoms with Crippen LogP contribution in [-0.4, -0.2) is 57.2 Å². The predicted octanol–water partition coefficient (Wildman–Crippen LogP) is 2.51. The Morgan fingerprint density at radius 3 is 2.57 bits per heavy atom. The zero-order chi connectivity index (χ0) is 20.0. The second kappa shape index (κ2) is 9.41. The summed E-state index contributed by atoms with van der Waals surface area (Å²) in [4.78, 5) is 26.7. The Balaban J connectivity index is 1.61. The molecule has 2 fully saturated rings. The van der Waals surface area contributed by atoms with E-state index in [1.54, 1.807) is 19.1 Å². The highest BCUT2D eigenvalue weighted by molar-refractivity contribution is 5.83. The Bertz CT molecular complexity index is 668. The Hall–Kier alpha value is -2.08. The van der Waals surface area contributed by atoms with E-state index in [0.29, 0.717) is 39.1 Å². The average molecular weight is 389 g/mol. The fraction of sp³-hybridized carbons (Fsp3) is 0.636. The van der Waals surface area contributed by atoms with Gasteiger partial charge in [0, 0.05) is 38.6 Å². The van der Waals surface area contributed by atoms with Crippen molar-refractivity contribution in [3.05, 3.63) is 29.8 Å². The van der Waals surface area contributed by atoms with Crippen LogP contribution in [0.25, 0.3) is 0 Å². The number of likely N-dealkylation sites (tertiary alicyclic amines) is 1. The summed E-state index contributed by atoms with van der Waals surface area (Å²) in [6, 6.07) is 8.25. The first kappa shape index (κ1) is 20.6. The maximum absolute atomic E-state index is 12.9. The molecule has 0 spiro atoms. The number of methoxy groups -OCH3 is 2. The van der Waals surface area contributed by atoms with Gasteiger partial charge in [0.25, 0.3) is 0 Å². The molecule has 28 heavy (non-hydrogen) atoms. The number of amides is 2. The highest BCUT2D eigenvalue weighted by Crippen LogP contribution is 2.41. The van der Waals surface area contributed by atoms with Crippen LogP contribution in [0.1, 0.15) is 44.1 Å². The van der Waals surface area contributed by atoms with Crippen molar-refractivity contribution in [3.63, 3.8) is 0 Å². The van der Waals surface area contributed by atoms with Gasteiger partial charge in [-0.05, 0) is 37.0 Å². The van der Waals surface area contributed by atoms with Crippen molar-refractivity contribution in [3.8, 4) is 5.75 Å². The van der Waals surface area contributed by atoms with Crippen LogP contribution >= 0.6 is 0 Å². The highest BCUT2D eigenvalue weighted by Gasteiger charge is 2.37. The van der Waals surface area contributed by atoms with Crippen LogP contribution in [0.5, 0.6) is 5.75 Å². The average Bonchev–Trinajstić information content (AvgIpc) is 3.21. The molecule has 0 radical (unpaired) electrons. The van der Waals surface area contributed by atoms with Crippen molar-refractivity contribution in [2.45, 2.75) is 43.9 Å². The van der Waals surface area contributed by atoms with Crippen molar-refractivity contribution in [1.29, 1.82) is 0 Å². The number of nitrogens with one attached hydrogen (secondary N) is 1. The summed E-state index contributed by atoms with van der Waals surface area (Å²) >= 11 is 0. The molecule has 0 unspecified atom stereocenters. The number of hydrogen-bond acceptors (Lipinski definition) is 4. The number of rotatable bonds is 8. The molecule has 3 rings (SSSR count). The second-order valence-corrected chi connectivity index (χ2v) is 8.00. The monoisotopic (exact) mass is 388 g/mol. The molecular weight excluding hydrogens is 356 g/mol. The maximum Gasteiger partial charge on any atom is 0.224 e. The zero-order valence-corrected chi connectivity index (χ0v) is 17.0. The van der Waals surface area contributed by atoms with Crippen LogP contribution in [0, 0.1) is 5.92 Å². The van der Waals surface area contributed by atoms with Crippen molar-refractivity contribution in [2.24, 2.45) is 5.92 Å².